The average molecular weight is 326 g/mol. The van der Waals surface area contributed by atoms with Crippen LogP contribution in [0.4, 0.5) is 10.1 Å². The molecule has 4 nitrogen and oxygen atoms in total. The van der Waals surface area contributed by atoms with Gasteiger partial charge in [0.2, 0.25) is 11.8 Å². The molecule has 0 unspecified atom stereocenters. The van der Waals surface area contributed by atoms with E-state index in [2.05, 4.69) is 17.2 Å². The molecule has 124 valence electrons. The molecular weight excluding hydrogens is 307 g/mol. The number of nitrogens with one attached hydrogen (secondary N) is 2. The lowest BCUT2D eigenvalue weighted by Crippen LogP contribution is -2.24. The molecule has 24 heavy (non-hydrogen) atoms. The first-order chi connectivity index (χ1) is 11.5. The summed E-state index contributed by atoms with van der Waals surface area (Å²) in [5.41, 5.74) is 2.65. The SMILES string of the molecule is C=CC(=O)Nc1cccc(CC(=O)NCc2ccc(C)c(F)c2)c1. The summed E-state index contributed by atoms with van der Waals surface area (Å²) in [5.74, 6) is -0.770. The predicted octanol–water partition coefficient (Wildman–Crippen LogP) is 3.12. The van der Waals surface area contributed by atoms with Gasteiger partial charge < -0.3 is 10.6 Å². The molecule has 0 saturated heterocycles. The summed E-state index contributed by atoms with van der Waals surface area (Å²) in [6.45, 7) is 5.35. The molecular formula is C19H19FN2O2. The molecule has 0 heterocycles. The molecule has 0 radical (unpaired) electrons. The van der Waals surface area contributed by atoms with E-state index in [0.717, 1.165) is 5.56 Å². The van der Waals surface area contributed by atoms with Crippen LogP contribution in [0.1, 0.15) is 16.7 Å². The Morgan fingerprint density at radius 1 is 1.17 bits per heavy atom. The standard InChI is InChI=1S/C19H19FN2O2/c1-3-18(23)22-16-6-4-5-14(9-16)11-19(24)21-12-15-8-7-13(2)17(20)10-15/h3-10H,1,11-12H2,2H3,(H,21,24)(H,22,23). The van der Waals surface area contributed by atoms with Crippen LogP contribution in [0.5, 0.6) is 0 Å². The predicted molar refractivity (Wildman–Crippen MR) is 92.0 cm³/mol. The van der Waals surface area contributed by atoms with Gasteiger partial charge in [0.1, 0.15) is 5.82 Å². The van der Waals surface area contributed by atoms with Crippen molar-refractivity contribution in [3.05, 3.63) is 77.6 Å². The topological polar surface area (TPSA) is 58.2 Å². The highest BCUT2D eigenvalue weighted by atomic mass is 19.1. The number of anilines is 1. The van der Waals surface area contributed by atoms with E-state index in [-0.39, 0.29) is 30.6 Å². The number of hydrogen-bond acceptors (Lipinski definition) is 2. The number of halogens is 1. The number of carbonyl (C=O) groups excluding carboxylic acids is 2. The smallest absolute Gasteiger partial charge is 0.247 e. The van der Waals surface area contributed by atoms with E-state index >= 15 is 0 Å². The van der Waals surface area contributed by atoms with Crippen LogP contribution in [0.15, 0.2) is 55.1 Å². The summed E-state index contributed by atoms with van der Waals surface area (Å²) >= 11 is 0. The molecule has 0 spiro atoms. The van der Waals surface area contributed by atoms with Gasteiger partial charge in [-0.1, -0.05) is 30.8 Å². The number of benzene rings is 2. The first kappa shape index (κ1) is 17.4. The second-order valence-corrected chi connectivity index (χ2v) is 5.43. The van der Waals surface area contributed by atoms with Gasteiger partial charge in [0, 0.05) is 12.2 Å². The molecule has 2 rings (SSSR count). The monoisotopic (exact) mass is 326 g/mol. The molecule has 2 N–H and O–H groups in total. The Morgan fingerprint density at radius 3 is 2.67 bits per heavy atom. The molecule has 0 fully saturated rings. The molecule has 0 bridgehead atoms. The Labute approximate surface area is 140 Å². The zero-order valence-corrected chi connectivity index (χ0v) is 13.4. The second kappa shape index (κ2) is 8.06. The summed E-state index contributed by atoms with van der Waals surface area (Å²) in [5, 5.41) is 5.40. The molecule has 0 aliphatic heterocycles. The van der Waals surface area contributed by atoms with E-state index in [1.807, 2.05) is 0 Å². The van der Waals surface area contributed by atoms with Crippen LogP contribution in [0.3, 0.4) is 0 Å². The molecule has 0 atom stereocenters. The van der Waals surface area contributed by atoms with Gasteiger partial charge in [0.25, 0.3) is 0 Å². The van der Waals surface area contributed by atoms with Crippen LogP contribution >= 0.6 is 0 Å². The molecule has 0 aliphatic rings. The fourth-order valence-corrected chi connectivity index (χ4v) is 2.15. The first-order valence-electron chi connectivity index (χ1n) is 7.52. The van der Waals surface area contributed by atoms with Crippen LogP contribution in [-0.2, 0) is 22.6 Å². The summed E-state index contributed by atoms with van der Waals surface area (Å²) < 4.78 is 13.5. The summed E-state index contributed by atoms with van der Waals surface area (Å²) in [6, 6.07) is 11.9. The third kappa shape index (κ3) is 5.05. The Balaban J connectivity index is 1.92. The maximum absolute atomic E-state index is 13.5. The van der Waals surface area contributed by atoms with Gasteiger partial charge >= 0.3 is 0 Å². The zero-order valence-electron chi connectivity index (χ0n) is 13.4. The van der Waals surface area contributed by atoms with Crippen molar-refractivity contribution < 1.29 is 14.0 Å². The van der Waals surface area contributed by atoms with E-state index in [0.29, 0.717) is 16.8 Å². The van der Waals surface area contributed by atoms with Gasteiger partial charge in [-0.2, -0.15) is 0 Å². The number of amides is 2. The van der Waals surface area contributed by atoms with Crippen molar-refractivity contribution in [3.8, 4) is 0 Å². The summed E-state index contributed by atoms with van der Waals surface area (Å²) in [4.78, 5) is 23.3. The fraction of sp³-hybridized carbons (Fsp3) is 0.158. The maximum Gasteiger partial charge on any atom is 0.247 e. The summed E-state index contributed by atoms with van der Waals surface area (Å²) in [6.07, 6.45) is 1.35. The highest BCUT2D eigenvalue weighted by molar-refractivity contribution is 5.98. The molecule has 0 aliphatic carbocycles. The van der Waals surface area contributed by atoms with Crippen molar-refractivity contribution in [2.75, 3.05) is 5.32 Å². The Kier molecular flexibility index (Phi) is 5.84. The van der Waals surface area contributed by atoms with Gasteiger partial charge in [-0.3, -0.25) is 9.59 Å². The lowest BCUT2D eigenvalue weighted by atomic mass is 10.1. The highest BCUT2D eigenvalue weighted by Gasteiger charge is 2.06. The second-order valence-electron chi connectivity index (χ2n) is 5.43. The quantitative estimate of drug-likeness (QED) is 0.801. The highest BCUT2D eigenvalue weighted by Crippen LogP contribution is 2.12. The van der Waals surface area contributed by atoms with Crippen molar-refractivity contribution in [2.24, 2.45) is 0 Å². The minimum atomic E-state index is -0.307. The van der Waals surface area contributed by atoms with Crippen molar-refractivity contribution in [3.63, 3.8) is 0 Å². The van der Waals surface area contributed by atoms with Crippen molar-refractivity contribution in [2.45, 2.75) is 19.9 Å². The largest absolute Gasteiger partial charge is 0.352 e. The van der Waals surface area contributed by atoms with E-state index < -0.39 is 0 Å². The van der Waals surface area contributed by atoms with Gasteiger partial charge in [0.05, 0.1) is 6.42 Å². The summed E-state index contributed by atoms with van der Waals surface area (Å²) in [7, 11) is 0. The molecule has 2 aromatic carbocycles. The van der Waals surface area contributed by atoms with E-state index in [4.69, 9.17) is 0 Å². The Hall–Kier alpha value is -2.95. The third-order valence-electron chi connectivity index (χ3n) is 3.47. The van der Waals surface area contributed by atoms with E-state index in [9.17, 15) is 14.0 Å². The van der Waals surface area contributed by atoms with E-state index in [1.54, 1.807) is 43.3 Å². The lowest BCUT2D eigenvalue weighted by molar-refractivity contribution is -0.120. The van der Waals surface area contributed by atoms with Gasteiger partial charge in [-0.05, 0) is 47.9 Å². The molecule has 2 amide bonds. The van der Waals surface area contributed by atoms with Gasteiger partial charge in [0.15, 0.2) is 0 Å². The molecule has 5 heteroatoms. The molecule has 0 aromatic heterocycles. The molecule has 0 saturated carbocycles. The number of carbonyl (C=O) groups is 2. The number of hydrogen-bond donors (Lipinski definition) is 2. The lowest BCUT2D eigenvalue weighted by Gasteiger charge is -2.08. The van der Waals surface area contributed by atoms with Crippen molar-refractivity contribution in [1.29, 1.82) is 0 Å². The fourth-order valence-electron chi connectivity index (χ4n) is 2.15. The van der Waals surface area contributed by atoms with Crippen LogP contribution in [0.25, 0.3) is 0 Å². The number of rotatable bonds is 6. The van der Waals surface area contributed by atoms with Crippen LogP contribution in [0.2, 0.25) is 0 Å². The van der Waals surface area contributed by atoms with Crippen molar-refractivity contribution >= 4 is 17.5 Å². The molecule has 2 aromatic rings. The third-order valence-corrected chi connectivity index (χ3v) is 3.47. The van der Waals surface area contributed by atoms with Crippen LogP contribution in [-0.4, -0.2) is 11.8 Å². The van der Waals surface area contributed by atoms with Gasteiger partial charge in [-0.25, -0.2) is 4.39 Å². The van der Waals surface area contributed by atoms with Crippen LogP contribution in [0, 0.1) is 12.7 Å². The van der Waals surface area contributed by atoms with Crippen LogP contribution < -0.4 is 10.6 Å². The van der Waals surface area contributed by atoms with E-state index in [1.165, 1.54) is 12.1 Å². The average Bonchev–Trinajstić information content (AvgIpc) is 2.56. The van der Waals surface area contributed by atoms with Crippen molar-refractivity contribution in [1.82, 2.24) is 5.32 Å². The minimum Gasteiger partial charge on any atom is -0.352 e. The Bertz CT molecular complexity index is 772. The normalized spacial score (nSPS) is 10.1. The maximum atomic E-state index is 13.5. The zero-order chi connectivity index (χ0) is 17.5. The number of aryl methyl sites for hydroxylation is 1. The van der Waals surface area contributed by atoms with Gasteiger partial charge in [-0.15, -0.1) is 0 Å². The Morgan fingerprint density at radius 2 is 1.96 bits per heavy atom. The minimum absolute atomic E-state index is 0.173. The first-order valence-corrected chi connectivity index (χ1v) is 7.52.